The number of urea groups is 1. The van der Waals surface area contributed by atoms with Crippen molar-refractivity contribution in [2.24, 2.45) is 10.9 Å². The second-order valence-corrected chi connectivity index (χ2v) is 9.80. The molecule has 2 amide bonds. The number of allylic oxidation sites excluding steroid dienone is 4. The van der Waals surface area contributed by atoms with Crippen LogP contribution in [0.2, 0.25) is 5.02 Å². The average Bonchev–Trinajstić information content (AvgIpc) is 3.18. The molecule has 11 heteroatoms. The summed E-state index contributed by atoms with van der Waals surface area (Å²) in [4.78, 5) is 24.8. The molecule has 0 aliphatic heterocycles. The molecular formula is C31H31ClF2N6O2. The van der Waals surface area contributed by atoms with E-state index in [0.717, 1.165) is 18.1 Å². The second kappa shape index (κ2) is 14.3. The maximum atomic E-state index is 14.3. The smallest absolute Gasteiger partial charge is 0.323 e. The van der Waals surface area contributed by atoms with E-state index >= 15 is 0 Å². The Morgan fingerprint density at radius 2 is 1.93 bits per heavy atom. The van der Waals surface area contributed by atoms with Gasteiger partial charge in [0, 0.05) is 41.0 Å². The van der Waals surface area contributed by atoms with Crippen LogP contribution in [0.25, 0.3) is 11.3 Å². The monoisotopic (exact) mass is 592 g/mol. The summed E-state index contributed by atoms with van der Waals surface area (Å²) < 4.78 is 28.1. The van der Waals surface area contributed by atoms with E-state index in [4.69, 9.17) is 27.2 Å². The number of oxime groups is 1. The summed E-state index contributed by atoms with van der Waals surface area (Å²) in [6.07, 6.45) is 7.93. The van der Waals surface area contributed by atoms with E-state index in [1.54, 1.807) is 24.3 Å². The second-order valence-electron chi connectivity index (χ2n) is 9.37. The van der Waals surface area contributed by atoms with Gasteiger partial charge in [0.15, 0.2) is 5.84 Å². The van der Waals surface area contributed by atoms with Gasteiger partial charge in [-0.15, -0.1) is 0 Å². The lowest BCUT2D eigenvalue weighted by molar-refractivity contribution is 0.213. The third-order valence-electron chi connectivity index (χ3n) is 6.26. The number of nitrogens with zero attached hydrogens (tertiary/aromatic N) is 3. The van der Waals surface area contributed by atoms with Gasteiger partial charge in [-0.05, 0) is 54.8 Å². The number of nitrogens with one attached hydrogen (secondary N) is 2. The van der Waals surface area contributed by atoms with Gasteiger partial charge in [-0.25, -0.2) is 18.6 Å². The number of aromatic nitrogens is 1. The number of hydrogen-bond donors (Lipinski definition) is 3. The van der Waals surface area contributed by atoms with Crippen LogP contribution < -0.4 is 21.3 Å². The van der Waals surface area contributed by atoms with Gasteiger partial charge in [0.25, 0.3) is 0 Å². The standard InChI is InChI=1S/C31H31ClF2N6O2/c1-3-15-40(19-20-7-6-8-22(33)13-11-20)29-18-23(36-31(41)38-27-14-12-21(32)16-26(27)34)17-28(37-29)24-9-4-5-10-25(24)30(35)39-42-2/h4-5,7-14,16-18H,3,6,15,19H2,1-2H3,(H2,35,39)(H2,36,37,38,41). The number of nitrogens with two attached hydrogens (primary N) is 1. The summed E-state index contributed by atoms with van der Waals surface area (Å²) >= 11 is 5.84. The Morgan fingerprint density at radius 1 is 1.12 bits per heavy atom. The minimum atomic E-state index is -0.666. The first-order chi connectivity index (χ1) is 20.3. The molecule has 42 heavy (non-hydrogen) atoms. The highest BCUT2D eigenvalue weighted by atomic mass is 35.5. The molecule has 0 unspecified atom stereocenters. The van der Waals surface area contributed by atoms with Gasteiger partial charge in [0.2, 0.25) is 0 Å². The molecule has 1 heterocycles. The van der Waals surface area contributed by atoms with E-state index in [1.807, 2.05) is 36.1 Å². The van der Waals surface area contributed by atoms with Gasteiger partial charge in [-0.1, -0.05) is 60.1 Å². The topological polar surface area (TPSA) is 105 Å². The Bertz CT molecular complexity index is 1570. The molecule has 218 valence electrons. The number of amides is 2. The normalized spacial score (nSPS) is 13.1. The van der Waals surface area contributed by atoms with E-state index < -0.39 is 11.8 Å². The molecule has 1 aromatic heterocycles. The predicted octanol–water partition coefficient (Wildman–Crippen LogP) is 7.41. The van der Waals surface area contributed by atoms with Crippen molar-refractivity contribution in [1.29, 1.82) is 0 Å². The summed E-state index contributed by atoms with van der Waals surface area (Å²) in [7, 11) is 1.40. The molecule has 3 aromatic rings. The van der Waals surface area contributed by atoms with Crippen LogP contribution in [0.15, 0.2) is 95.5 Å². The molecule has 0 spiro atoms. The van der Waals surface area contributed by atoms with Crippen LogP contribution in [0.3, 0.4) is 0 Å². The molecule has 0 saturated heterocycles. The molecule has 0 atom stereocenters. The molecule has 0 bridgehead atoms. The molecule has 1 aliphatic carbocycles. The van der Waals surface area contributed by atoms with Crippen LogP contribution >= 0.6 is 11.6 Å². The highest BCUT2D eigenvalue weighted by Crippen LogP contribution is 2.30. The van der Waals surface area contributed by atoms with E-state index in [1.165, 1.54) is 31.4 Å². The van der Waals surface area contributed by atoms with Crippen LogP contribution in [0.5, 0.6) is 0 Å². The SMILES string of the molecule is CCCN(CC1=CCC=C(F)C=C1)c1cc(NC(=O)Nc2ccc(Cl)cc2F)cc(-c2ccccc2/C(N)=N/OC)n1. The number of hydrogen-bond acceptors (Lipinski definition) is 5. The quantitative estimate of drug-likeness (QED) is 0.129. The van der Waals surface area contributed by atoms with Crippen molar-refractivity contribution >= 4 is 40.7 Å². The molecule has 0 radical (unpaired) electrons. The molecule has 2 aromatic carbocycles. The zero-order valence-corrected chi connectivity index (χ0v) is 24.0. The summed E-state index contributed by atoms with van der Waals surface area (Å²) in [6.45, 7) is 3.13. The van der Waals surface area contributed by atoms with Crippen molar-refractivity contribution in [2.75, 3.05) is 35.7 Å². The highest BCUT2D eigenvalue weighted by Gasteiger charge is 2.17. The number of carbonyl (C=O) groups excluding carboxylic acids is 1. The third-order valence-corrected chi connectivity index (χ3v) is 6.49. The lowest BCUT2D eigenvalue weighted by atomic mass is 10.0. The fraction of sp³-hybridized carbons (Fsp3) is 0.194. The van der Waals surface area contributed by atoms with Crippen molar-refractivity contribution in [2.45, 2.75) is 19.8 Å². The van der Waals surface area contributed by atoms with Crippen LogP contribution in [0.1, 0.15) is 25.3 Å². The minimum absolute atomic E-state index is 0.0270. The lowest BCUT2D eigenvalue weighted by Crippen LogP contribution is -2.28. The van der Waals surface area contributed by atoms with Crippen molar-refractivity contribution in [1.82, 2.24) is 4.98 Å². The van der Waals surface area contributed by atoms with Gasteiger partial charge in [-0.2, -0.15) is 0 Å². The summed E-state index contributed by atoms with van der Waals surface area (Å²) in [5.41, 5.74) is 9.21. The Kier molecular flexibility index (Phi) is 10.3. The largest absolute Gasteiger partial charge is 0.397 e. The third kappa shape index (κ3) is 7.94. The number of rotatable bonds is 10. The number of benzene rings is 2. The van der Waals surface area contributed by atoms with Crippen molar-refractivity contribution < 1.29 is 18.4 Å². The van der Waals surface area contributed by atoms with Crippen molar-refractivity contribution in [3.05, 3.63) is 107 Å². The van der Waals surface area contributed by atoms with Gasteiger partial charge < -0.3 is 26.1 Å². The summed E-state index contributed by atoms with van der Waals surface area (Å²) in [6, 6.07) is 14.0. The minimum Gasteiger partial charge on any atom is -0.397 e. The van der Waals surface area contributed by atoms with E-state index in [2.05, 4.69) is 15.8 Å². The molecule has 1 aliphatic rings. The van der Waals surface area contributed by atoms with Gasteiger partial charge in [0.1, 0.15) is 24.6 Å². The number of amidine groups is 1. The van der Waals surface area contributed by atoms with Crippen LogP contribution in [0, 0.1) is 5.82 Å². The fourth-order valence-electron chi connectivity index (χ4n) is 4.37. The Morgan fingerprint density at radius 3 is 2.69 bits per heavy atom. The Balaban J connectivity index is 1.75. The zero-order chi connectivity index (χ0) is 30.1. The van der Waals surface area contributed by atoms with Crippen LogP contribution in [0.4, 0.5) is 30.8 Å². The summed E-state index contributed by atoms with van der Waals surface area (Å²) in [5.74, 6) is -0.240. The van der Waals surface area contributed by atoms with Gasteiger partial charge >= 0.3 is 6.03 Å². The Hall–Kier alpha value is -4.70. The highest BCUT2D eigenvalue weighted by molar-refractivity contribution is 6.30. The number of pyridine rings is 1. The first-order valence-corrected chi connectivity index (χ1v) is 13.6. The molecule has 4 rings (SSSR count). The van der Waals surface area contributed by atoms with Gasteiger partial charge in [0.05, 0.1) is 11.4 Å². The lowest BCUT2D eigenvalue weighted by Gasteiger charge is -2.25. The van der Waals surface area contributed by atoms with E-state index in [9.17, 15) is 13.6 Å². The predicted molar refractivity (Wildman–Crippen MR) is 165 cm³/mol. The van der Waals surface area contributed by atoms with Crippen LogP contribution in [-0.2, 0) is 4.84 Å². The van der Waals surface area contributed by atoms with Crippen LogP contribution in [-0.4, -0.2) is 37.1 Å². The summed E-state index contributed by atoms with van der Waals surface area (Å²) in [5, 5.41) is 9.38. The van der Waals surface area contributed by atoms with Crippen molar-refractivity contribution in [3.63, 3.8) is 0 Å². The molecule has 8 nitrogen and oxygen atoms in total. The van der Waals surface area contributed by atoms with E-state index in [0.29, 0.717) is 47.8 Å². The molecule has 0 saturated carbocycles. The zero-order valence-electron chi connectivity index (χ0n) is 23.2. The van der Waals surface area contributed by atoms with Crippen molar-refractivity contribution in [3.8, 4) is 11.3 Å². The molecule has 4 N–H and O–H groups in total. The maximum absolute atomic E-state index is 14.3. The number of carbonyl (C=O) groups is 1. The number of halogens is 3. The first kappa shape index (κ1) is 30.3. The average molecular weight is 593 g/mol. The van der Waals surface area contributed by atoms with E-state index in [-0.39, 0.29) is 22.4 Å². The van der Waals surface area contributed by atoms with Gasteiger partial charge in [-0.3, -0.25) is 0 Å². The maximum Gasteiger partial charge on any atom is 0.323 e. The molecular weight excluding hydrogens is 562 g/mol. The Labute approximate surface area is 248 Å². The number of anilines is 3. The molecule has 0 fully saturated rings. The fourth-order valence-corrected chi connectivity index (χ4v) is 4.53. The first-order valence-electron chi connectivity index (χ1n) is 13.3.